The fourth-order valence-electron chi connectivity index (χ4n) is 2.88. The third-order valence-corrected chi connectivity index (χ3v) is 6.77. The molecular formula is C22H17Cl2F3N2O4S. The Morgan fingerprint density at radius 1 is 1.00 bits per heavy atom. The van der Waals surface area contributed by atoms with Gasteiger partial charge in [-0.25, -0.2) is 8.42 Å². The van der Waals surface area contributed by atoms with E-state index in [9.17, 15) is 26.4 Å². The number of sulfonamides is 1. The number of rotatable bonds is 7. The molecule has 0 spiro atoms. The van der Waals surface area contributed by atoms with Gasteiger partial charge in [0.05, 0.1) is 15.6 Å². The lowest BCUT2D eigenvalue weighted by molar-refractivity contribution is -0.274. The van der Waals surface area contributed by atoms with Crippen LogP contribution in [0.4, 0.5) is 24.5 Å². The van der Waals surface area contributed by atoms with Crippen molar-refractivity contribution in [3.63, 3.8) is 0 Å². The van der Waals surface area contributed by atoms with Crippen molar-refractivity contribution in [1.29, 1.82) is 0 Å². The van der Waals surface area contributed by atoms with Crippen LogP contribution in [0, 0.1) is 6.92 Å². The molecule has 3 rings (SSSR count). The summed E-state index contributed by atoms with van der Waals surface area (Å²) in [6, 6.07) is 14.6. The van der Waals surface area contributed by atoms with E-state index >= 15 is 0 Å². The second kappa shape index (κ2) is 10.1. The van der Waals surface area contributed by atoms with Gasteiger partial charge >= 0.3 is 6.36 Å². The first-order valence-electron chi connectivity index (χ1n) is 9.55. The third kappa shape index (κ3) is 6.55. The van der Waals surface area contributed by atoms with Gasteiger partial charge in [0.1, 0.15) is 12.3 Å². The highest BCUT2D eigenvalue weighted by atomic mass is 35.5. The van der Waals surface area contributed by atoms with E-state index in [1.54, 1.807) is 19.1 Å². The lowest BCUT2D eigenvalue weighted by Gasteiger charge is -2.25. The van der Waals surface area contributed by atoms with Crippen molar-refractivity contribution in [2.24, 2.45) is 0 Å². The first-order valence-corrected chi connectivity index (χ1v) is 11.7. The average molecular weight is 533 g/mol. The molecule has 12 heteroatoms. The fraction of sp³-hybridized carbons (Fsp3) is 0.136. The van der Waals surface area contributed by atoms with Crippen molar-refractivity contribution in [1.82, 2.24) is 0 Å². The van der Waals surface area contributed by atoms with Gasteiger partial charge in [0.2, 0.25) is 5.91 Å². The summed E-state index contributed by atoms with van der Waals surface area (Å²) < 4.78 is 68.3. The highest BCUT2D eigenvalue weighted by Crippen LogP contribution is 2.33. The van der Waals surface area contributed by atoms with Gasteiger partial charge in [-0.1, -0.05) is 40.9 Å². The summed E-state index contributed by atoms with van der Waals surface area (Å²) in [5.74, 6) is -1.24. The van der Waals surface area contributed by atoms with Crippen molar-refractivity contribution in [2.45, 2.75) is 18.2 Å². The molecule has 3 aromatic rings. The number of halogens is 5. The van der Waals surface area contributed by atoms with Crippen molar-refractivity contribution in [3.8, 4) is 5.75 Å². The molecule has 1 amide bonds. The largest absolute Gasteiger partial charge is 0.573 e. The van der Waals surface area contributed by atoms with Gasteiger partial charge < -0.3 is 10.1 Å². The Labute approximate surface area is 203 Å². The van der Waals surface area contributed by atoms with Crippen molar-refractivity contribution < 1.29 is 31.1 Å². The highest BCUT2D eigenvalue weighted by molar-refractivity contribution is 7.92. The summed E-state index contributed by atoms with van der Waals surface area (Å²) in [5, 5.41) is 2.68. The monoisotopic (exact) mass is 532 g/mol. The summed E-state index contributed by atoms with van der Waals surface area (Å²) in [6.07, 6.45) is -4.86. The maximum atomic E-state index is 13.4. The summed E-state index contributed by atoms with van der Waals surface area (Å²) in [7, 11) is -4.24. The van der Waals surface area contributed by atoms with E-state index in [2.05, 4.69) is 10.1 Å². The van der Waals surface area contributed by atoms with Crippen LogP contribution in [0.15, 0.2) is 71.6 Å². The maximum absolute atomic E-state index is 13.4. The van der Waals surface area contributed by atoms with Crippen molar-refractivity contribution >= 4 is 50.5 Å². The summed E-state index contributed by atoms with van der Waals surface area (Å²) in [6.45, 7) is 1.11. The van der Waals surface area contributed by atoms with Crippen molar-refractivity contribution in [3.05, 3.63) is 82.3 Å². The molecular weight excluding hydrogens is 516 g/mol. The molecule has 0 aliphatic carbocycles. The van der Waals surface area contributed by atoms with Crippen LogP contribution in [0.1, 0.15) is 5.56 Å². The Bertz CT molecular complexity index is 1280. The molecule has 0 bridgehead atoms. The standard InChI is InChI=1S/C22H17Cl2F3N2O4S/c1-14-2-9-18(10-3-14)34(31,32)29(20-12-15(23)4-11-19(20)24)13-21(30)28-16-5-7-17(8-6-16)33-22(25,26)27/h2-12H,13H2,1H3,(H,28,30). The number of ether oxygens (including phenoxy) is 1. The second-order valence-electron chi connectivity index (χ2n) is 7.04. The number of nitrogens with one attached hydrogen (secondary N) is 1. The molecule has 0 aromatic heterocycles. The first-order chi connectivity index (χ1) is 15.8. The lowest BCUT2D eigenvalue weighted by atomic mass is 10.2. The molecule has 34 heavy (non-hydrogen) atoms. The Hall–Kier alpha value is -2.95. The number of carbonyl (C=O) groups excluding carboxylic acids is 1. The number of benzene rings is 3. The van der Waals surface area contributed by atoms with E-state index in [-0.39, 0.29) is 26.3 Å². The molecule has 0 aliphatic heterocycles. The van der Waals surface area contributed by atoms with Crippen LogP contribution < -0.4 is 14.4 Å². The molecule has 0 atom stereocenters. The molecule has 0 saturated carbocycles. The Morgan fingerprint density at radius 2 is 1.62 bits per heavy atom. The maximum Gasteiger partial charge on any atom is 0.573 e. The second-order valence-corrected chi connectivity index (χ2v) is 9.75. The molecule has 0 heterocycles. The van der Waals surface area contributed by atoms with Crippen LogP contribution in [0.25, 0.3) is 0 Å². The average Bonchev–Trinajstić information content (AvgIpc) is 2.74. The van der Waals surface area contributed by atoms with E-state index in [0.29, 0.717) is 0 Å². The Kier molecular flexibility index (Phi) is 7.64. The van der Waals surface area contributed by atoms with Gasteiger partial charge in [-0.05, 0) is 61.5 Å². The molecule has 0 radical (unpaired) electrons. The van der Waals surface area contributed by atoms with Gasteiger partial charge in [0, 0.05) is 10.7 Å². The molecule has 0 unspecified atom stereocenters. The van der Waals surface area contributed by atoms with E-state index < -0.39 is 34.6 Å². The smallest absolute Gasteiger partial charge is 0.406 e. The summed E-state index contributed by atoms with van der Waals surface area (Å²) >= 11 is 12.3. The van der Waals surface area contributed by atoms with E-state index in [1.165, 1.54) is 42.5 Å². The van der Waals surface area contributed by atoms with Gasteiger partial charge in [0.15, 0.2) is 0 Å². The van der Waals surface area contributed by atoms with E-state index in [4.69, 9.17) is 23.2 Å². The molecule has 0 saturated heterocycles. The van der Waals surface area contributed by atoms with Crippen LogP contribution in [0.5, 0.6) is 5.75 Å². The number of nitrogens with zero attached hydrogens (tertiary/aromatic N) is 1. The molecule has 180 valence electrons. The predicted octanol–water partition coefficient (Wildman–Crippen LogP) is 6.03. The highest BCUT2D eigenvalue weighted by Gasteiger charge is 2.31. The van der Waals surface area contributed by atoms with Crippen LogP contribution in [-0.4, -0.2) is 27.2 Å². The van der Waals surface area contributed by atoms with Gasteiger partial charge in [-0.15, -0.1) is 13.2 Å². The van der Waals surface area contributed by atoms with Gasteiger partial charge in [-0.3, -0.25) is 9.10 Å². The number of aryl methyl sites for hydroxylation is 1. The van der Waals surface area contributed by atoms with Crippen molar-refractivity contribution in [2.75, 3.05) is 16.2 Å². The molecule has 3 aromatic carbocycles. The number of hydrogen-bond acceptors (Lipinski definition) is 4. The lowest BCUT2D eigenvalue weighted by Crippen LogP contribution is -2.38. The zero-order valence-electron chi connectivity index (χ0n) is 17.4. The normalized spacial score (nSPS) is 11.7. The van der Waals surface area contributed by atoms with Gasteiger partial charge in [0.25, 0.3) is 10.0 Å². The Morgan fingerprint density at radius 3 is 2.21 bits per heavy atom. The first kappa shape index (κ1) is 25.7. The molecule has 1 N–H and O–H groups in total. The molecule has 0 fully saturated rings. The minimum absolute atomic E-state index is 0.0150. The van der Waals surface area contributed by atoms with Gasteiger partial charge in [-0.2, -0.15) is 0 Å². The topological polar surface area (TPSA) is 75.7 Å². The summed E-state index contributed by atoms with van der Waals surface area (Å²) in [5.41, 5.74) is 0.949. The van der Waals surface area contributed by atoms with Crippen LogP contribution >= 0.6 is 23.2 Å². The summed E-state index contributed by atoms with van der Waals surface area (Å²) in [4.78, 5) is 12.7. The number of hydrogen-bond donors (Lipinski definition) is 1. The van der Waals surface area contributed by atoms with Crippen LogP contribution in [0.3, 0.4) is 0 Å². The number of carbonyl (C=O) groups is 1. The van der Waals surface area contributed by atoms with Crippen LogP contribution in [0.2, 0.25) is 10.0 Å². The zero-order valence-corrected chi connectivity index (χ0v) is 19.8. The van der Waals surface area contributed by atoms with Crippen LogP contribution in [-0.2, 0) is 14.8 Å². The Balaban J connectivity index is 1.89. The fourth-order valence-corrected chi connectivity index (χ4v) is 4.75. The number of alkyl halides is 3. The number of amides is 1. The quantitative estimate of drug-likeness (QED) is 0.402. The van der Waals surface area contributed by atoms with E-state index in [1.807, 2.05) is 0 Å². The zero-order chi connectivity index (χ0) is 25.1. The third-order valence-electron chi connectivity index (χ3n) is 4.44. The van der Waals surface area contributed by atoms with E-state index in [0.717, 1.165) is 22.0 Å². The predicted molar refractivity (Wildman–Crippen MR) is 124 cm³/mol. The number of anilines is 2. The molecule has 0 aliphatic rings. The molecule has 6 nitrogen and oxygen atoms in total. The minimum atomic E-state index is -4.86. The minimum Gasteiger partial charge on any atom is -0.406 e. The SMILES string of the molecule is Cc1ccc(S(=O)(=O)N(CC(=O)Nc2ccc(OC(F)(F)F)cc2)c2cc(Cl)ccc2Cl)cc1.